The minimum atomic E-state index is -4.38. The Morgan fingerprint density at radius 3 is 2.55 bits per heavy atom. The van der Waals surface area contributed by atoms with Crippen molar-refractivity contribution in [2.75, 3.05) is 25.1 Å². The summed E-state index contributed by atoms with van der Waals surface area (Å²) in [6.07, 6.45) is -3.08. The summed E-state index contributed by atoms with van der Waals surface area (Å²) >= 11 is 0. The average molecular weight is 434 g/mol. The van der Waals surface area contributed by atoms with E-state index in [2.05, 4.69) is 10.6 Å². The second kappa shape index (κ2) is 9.96. The Kier molecular flexibility index (Phi) is 7.33. The molecule has 2 N–H and O–H groups in total. The Hall–Kier alpha value is -2.87. The van der Waals surface area contributed by atoms with Gasteiger partial charge in [0.15, 0.2) is 0 Å². The predicted molar refractivity (Wildman–Crippen MR) is 111 cm³/mol. The molecule has 8 heteroatoms. The molecule has 0 saturated heterocycles. The highest BCUT2D eigenvalue weighted by molar-refractivity contribution is 5.98. The average Bonchev–Trinajstić information content (AvgIpc) is 3.54. The zero-order valence-electron chi connectivity index (χ0n) is 17.2. The molecule has 1 fully saturated rings. The number of anilines is 1. The van der Waals surface area contributed by atoms with Crippen LogP contribution in [0.5, 0.6) is 0 Å². The van der Waals surface area contributed by atoms with Crippen molar-refractivity contribution in [2.45, 2.75) is 31.9 Å². The second-order valence-electron chi connectivity index (χ2n) is 7.44. The van der Waals surface area contributed by atoms with E-state index in [0.717, 1.165) is 12.1 Å². The third kappa shape index (κ3) is 6.30. The molecular weight excluding hydrogens is 409 g/mol. The zero-order chi connectivity index (χ0) is 22.4. The van der Waals surface area contributed by atoms with Gasteiger partial charge in [0, 0.05) is 36.9 Å². The summed E-state index contributed by atoms with van der Waals surface area (Å²) in [6.45, 7) is 3.61. The fraction of sp³-hybridized carbons (Fsp3) is 0.391. The fourth-order valence-corrected chi connectivity index (χ4v) is 3.37. The number of carbonyl (C=O) groups is 2. The van der Waals surface area contributed by atoms with Crippen LogP contribution in [-0.2, 0) is 15.7 Å². The largest absolute Gasteiger partial charge is 0.416 e. The minimum Gasteiger partial charge on any atom is -0.382 e. The lowest BCUT2D eigenvalue weighted by molar-refractivity contribution is -0.137. The van der Waals surface area contributed by atoms with Gasteiger partial charge in [0.2, 0.25) is 5.91 Å². The van der Waals surface area contributed by atoms with Gasteiger partial charge < -0.3 is 15.4 Å². The third-order valence-electron chi connectivity index (χ3n) is 5.14. The lowest BCUT2D eigenvalue weighted by atomic mass is 10.1. The van der Waals surface area contributed by atoms with E-state index in [9.17, 15) is 22.8 Å². The van der Waals surface area contributed by atoms with Crippen molar-refractivity contribution in [3.63, 3.8) is 0 Å². The highest BCUT2D eigenvalue weighted by atomic mass is 19.4. The predicted octanol–water partition coefficient (Wildman–Crippen LogP) is 4.60. The van der Waals surface area contributed by atoms with Gasteiger partial charge in [0.05, 0.1) is 5.56 Å². The number of rotatable bonds is 9. The van der Waals surface area contributed by atoms with Crippen LogP contribution in [0.15, 0.2) is 48.5 Å². The first-order chi connectivity index (χ1) is 14.8. The van der Waals surface area contributed by atoms with Gasteiger partial charge in [-0.25, -0.2) is 0 Å². The van der Waals surface area contributed by atoms with Crippen molar-refractivity contribution in [3.05, 3.63) is 65.2 Å². The first-order valence-electron chi connectivity index (χ1n) is 10.2. The maximum Gasteiger partial charge on any atom is 0.416 e. The highest BCUT2D eigenvalue weighted by Crippen LogP contribution is 2.48. The summed E-state index contributed by atoms with van der Waals surface area (Å²) in [5.41, 5.74) is 0.952. The summed E-state index contributed by atoms with van der Waals surface area (Å²) in [6, 6.07) is 11.6. The lowest BCUT2D eigenvalue weighted by Gasteiger charge is -2.09. The van der Waals surface area contributed by atoms with Crippen LogP contribution < -0.4 is 10.6 Å². The molecule has 2 aromatic carbocycles. The van der Waals surface area contributed by atoms with E-state index < -0.39 is 11.7 Å². The monoisotopic (exact) mass is 434 g/mol. The van der Waals surface area contributed by atoms with E-state index in [1.165, 1.54) is 12.1 Å². The molecule has 0 aromatic heterocycles. The van der Waals surface area contributed by atoms with Crippen LogP contribution in [-0.4, -0.2) is 31.6 Å². The summed E-state index contributed by atoms with van der Waals surface area (Å²) in [4.78, 5) is 24.8. The van der Waals surface area contributed by atoms with Gasteiger partial charge in [0.25, 0.3) is 5.91 Å². The molecule has 2 amide bonds. The molecule has 2 atom stereocenters. The summed E-state index contributed by atoms with van der Waals surface area (Å²) in [5.74, 6) is -0.840. The van der Waals surface area contributed by atoms with E-state index >= 15 is 0 Å². The number of alkyl halides is 3. The van der Waals surface area contributed by atoms with Crippen molar-refractivity contribution in [2.24, 2.45) is 5.92 Å². The number of amides is 2. The Morgan fingerprint density at radius 1 is 1.13 bits per heavy atom. The van der Waals surface area contributed by atoms with Crippen LogP contribution >= 0.6 is 0 Å². The lowest BCUT2D eigenvalue weighted by Crippen LogP contribution is -2.25. The summed E-state index contributed by atoms with van der Waals surface area (Å²) in [5, 5.41) is 5.61. The van der Waals surface area contributed by atoms with Crippen LogP contribution in [0.2, 0.25) is 0 Å². The molecule has 0 spiro atoms. The number of hydrogen-bond donors (Lipinski definition) is 2. The quantitative estimate of drug-likeness (QED) is 0.567. The summed E-state index contributed by atoms with van der Waals surface area (Å²) < 4.78 is 43.3. The van der Waals surface area contributed by atoms with E-state index in [1.807, 2.05) is 6.92 Å². The molecule has 0 radical (unpaired) electrons. The molecule has 0 heterocycles. The van der Waals surface area contributed by atoms with Gasteiger partial charge in [-0.05, 0) is 61.6 Å². The van der Waals surface area contributed by atoms with Gasteiger partial charge in [0.1, 0.15) is 0 Å². The number of carbonyl (C=O) groups excluding carboxylic acids is 2. The van der Waals surface area contributed by atoms with E-state index in [0.29, 0.717) is 49.4 Å². The van der Waals surface area contributed by atoms with Crippen molar-refractivity contribution in [1.82, 2.24) is 5.32 Å². The normalized spacial score (nSPS) is 17.8. The van der Waals surface area contributed by atoms with Crippen molar-refractivity contribution in [3.8, 4) is 0 Å². The van der Waals surface area contributed by atoms with Gasteiger partial charge >= 0.3 is 6.18 Å². The smallest absolute Gasteiger partial charge is 0.382 e. The standard InChI is InChI=1S/C23H25F3N2O3/c1-2-31-12-4-11-27-21(29)16-5-3-6-18(13-16)28-22(30)20-14-19(20)15-7-9-17(10-8-15)23(24,25)26/h3,5-10,13,19-20H,2,4,11-12,14H2,1H3,(H,27,29)(H,28,30). The maximum atomic E-state index is 12.7. The molecule has 166 valence electrons. The molecule has 2 aromatic rings. The molecule has 1 saturated carbocycles. The molecule has 31 heavy (non-hydrogen) atoms. The maximum absolute atomic E-state index is 12.7. The third-order valence-corrected chi connectivity index (χ3v) is 5.14. The molecule has 5 nitrogen and oxygen atoms in total. The van der Waals surface area contributed by atoms with Gasteiger partial charge in [-0.3, -0.25) is 9.59 Å². The minimum absolute atomic E-state index is 0.0981. The van der Waals surface area contributed by atoms with Crippen LogP contribution in [0.1, 0.15) is 47.2 Å². The van der Waals surface area contributed by atoms with E-state index in [4.69, 9.17) is 4.74 Å². The topological polar surface area (TPSA) is 67.4 Å². The summed E-state index contributed by atoms with van der Waals surface area (Å²) in [7, 11) is 0. The van der Waals surface area contributed by atoms with Gasteiger partial charge in [-0.15, -0.1) is 0 Å². The van der Waals surface area contributed by atoms with Crippen molar-refractivity contribution >= 4 is 17.5 Å². The van der Waals surface area contributed by atoms with Crippen LogP contribution in [0, 0.1) is 5.92 Å². The first-order valence-corrected chi connectivity index (χ1v) is 10.2. The number of hydrogen-bond acceptors (Lipinski definition) is 3. The SMILES string of the molecule is CCOCCCNC(=O)c1cccc(NC(=O)C2CC2c2ccc(C(F)(F)F)cc2)c1. The Labute approximate surface area is 179 Å². The number of halogens is 3. The van der Waals surface area contributed by atoms with Crippen LogP contribution in [0.3, 0.4) is 0 Å². The molecule has 0 bridgehead atoms. The Bertz CT molecular complexity index is 913. The molecule has 3 rings (SSSR count). The van der Waals surface area contributed by atoms with E-state index in [-0.39, 0.29) is 23.7 Å². The molecule has 1 aliphatic carbocycles. The molecule has 1 aliphatic rings. The van der Waals surface area contributed by atoms with E-state index in [1.54, 1.807) is 24.3 Å². The highest BCUT2D eigenvalue weighted by Gasteiger charge is 2.44. The molecule has 0 aliphatic heterocycles. The van der Waals surface area contributed by atoms with Crippen LogP contribution in [0.25, 0.3) is 0 Å². The first kappa shape index (κ1) is 22.8. The van der Waals surface area contributed by atoms with Gasteiger partial charge in [-0.1, -0.05) is 18.2 Å². The number of benzene rings is 2. The zero-order valence-corrected chi connectivity index (χ0v) is 17.2. The van der Waals surface area contributed by atoms with Gasteiger partial charge in [-0.2, -0.15) is 13.2 Å². The Balaban J connectivity index is 1.52. The molecule has 2 unspecified atom stereocenters. The molecular formula is C23H25F3N2O3. The van der Waals surface area contributed by atoms with Crippen LogP contribution in [0.4, 0.5) is 18.9 Å². The second-order valence-corrected chi connectivity index (χ2v) is 7.44. The number of nitrogens with one attached hydrogen (secondary N) is 2. The fourth-order valence-electron chi connectivity index (χ4n) is 3.37. The van der Waals surface area contributed by atoms with Crippen molar-refractivity contribution in [1.29, 1.82) is 0 Å². The van der Waals surface area contributed by atoms with Crippen molar-refractivity contribution < 1.29 is 27.5 Å². The Morgan fingerprint density at radius 2 is 1.87 bits per heavy atom. The number of ether oxygens (including phenoxy) is 1.